The van der Waals surface area contributed by atoms with E-state index in [-0.39, 0.29) is 5.91 Å². The van der Waals surface area contributed by atoms with Crippen LogP contribution in [0, 0.1) is 0 Å². The van der Waals surface area contributed by atoms with Gasteiger partial charge in [0.05, 0.1) is 17.7 Å². The van der Waals surface area contributed by atoms with E-state index in [9.17, 15) is 18.0 Å². The highest BCUT2D eigenvalue weighted by molar-refractivity contribution is 7.92. The molecule has 2 amide bonds. The number of sulfonamides is 1. The minimum absolute atomic E-state index is 0.204. The van der Waals surface area contributed by atoms with Gasteiger partial charge in [-0.15, -0.1) is 0 Å². The minimum Gasteiger partial charge on any atom is -0.457 e. The largest absolute Gasteiger partial charge is 0.457 e. The van der Waals surface area contributed by atoms with Crippen molar-refractivity contribution >= 4 is 38.9 Å². The first kappa shape index (κ1) is 26.4. The van der Waals surface area contributed by atoms with Crippen LogP contribution >= 0.6 is 0 Å². The number of nitrogens with zero attached hydrogens (tertiary/aromatic N) is 2. The molecule has 2 N–H and O–H groups in total. The second-order valence-electron chi connectivity index (χ2n) is 8.08. The van der Waals surface area contributed by atoms with E-state index in [1.807, 2.05) is 30.3 Å². The van der Waals surface area contributed by atoms with Gasteiger partial charge in [0.15, 0.2) is 0 Å². The molecule has 0 aliphatic carbocycles. The van der Waals surface area contributed by atoms with E-state index in [1.165, 1.54) is 13.8 Å². The Morgan fingerprint density at radius 1 is 0.917 bits per heavy atom. The van der Waals surface area contributed by atoms with Gasteiger partial charge < -0.3 is 10.1 Å². The summed E-state index contributed by atoms with van der Waals surface area (Å²) in [6, 6.07) is 21.5. The zero-order valence-corrected chi connectivity index (χ0v) is 21.2. The Hall–Kier alpha value is -4.18. The molecule has 9 nitrogen and oxygen atoms in total. The molecule has 3 aromatic rings. The Labute approximate surface area is 210 Å². The monoisotopic (exact) mass is 508 g/mol. The molecule has 0 heterocycles. The van der Waals surface area contributed by atoms with Gasteiger partial charge >= 0.3 is 0 Å². The highest BCUT2D eigenvalue weighted by atomic mass is 32.2. The summed E-state index contributed by atoms with van der Waals surface area (Å²) in [5.41, 5.74) is 4.51. The molecule has 188 valence electrons. The number of hydrazone groups is 1. The summed E-state index contributed by atoms with van der Waals surface area (Å²) in [5, 5.41) is 6.80. The van der Waals surface area contributed by atoms with Crippen molar-refractivity contribution < 1.29 is 22.7 Å². The maximum absolute atomic E-state index is 12.9. The Balaban J connectivity index is 1.75. The van der Waals surface area contributed by atoms with Crippen LogP contribution in [0.25, 0.3) is 0 Å². The van der Waals surface area contributed by atoms with Crippen LogP contribution < -0.4 is 19.8 Å². The molecule has 0 unspecified atom stereocenters. The average molecular weight is 509 g/mol. The standard InChI is InChI=1S/C26H28N4O5S/c1-18(21-9-8-10-22(17-21)27-20(3)31)28-29-26(32)19(2)30(36(4,33)34)23-13-15-25(16-14-23)35-24-11-6-5-7-12-24/h5-17,19H,1-4H3,(H,27,31)(H,29,32)/b28-18-/t19-/m1/s1. The van der Waals surface area contributed by atoms with Crippen molar-refractivity contribution in [2.24, 2.45) is 5.10 Å². The Bertz CT molecular complexity index is 1360. The van der Waals surface area contributed by atoms with Gasteiger partial charge in [-0.3, -0.25) is 13.9 Å². The zero-order chi connectivity index (χ0) is 26.3. The van der Waals surface area contributed by atoms with Crippen molar-refractivity contribution in [1.82, 2.24) is 5.43 Å². The molecular weight excluding hydrogens is 480 g/mol. The molecule has 0 saturated carbocycles. The number of carbonyl (C=O) groups excluding carboxylic acids is 2. The van der Waals surface area contributed by atoms with Crippen LogP contribution in [0.4, 0.5) is 11.4 Å². The minimum atomic E-state index is -3.80. The first-order valence-electron chi connectivity index (χ1n) is 11.1. The summed E-state index contributed by atoms with van der Waals surface area (Å²) in [7, 11) is -3.80. The number of nitrogens with one attached hydrogen (secondary N) is 2. The Kier molecular flexibility index (Phi) is 8.44. The van der Waals surface area contributed by atoms with Crippen molar-refractivity contribution in [3.63, 3.8) is 0 Å². The molecule has 10 heteroatoms. The number of rotatable bonds is 9. The molecule has 1 atom stereocenters. The highest BCUT2D eigenvalue weighted by Crippen LogP contribution is 2.27. The van der Waals surface area contributed by atoms with E-state index in [4.69, 9.17) is 4.74 Å². The fourth-order valence-electron chi connectivity index (χ4n) is 3.42. The molecule has 0 fully saturated rings. The fourth-order valence-corrected chi connectivity index (χ4v) is 4.59. The Morgan fingerprint density at radius 3 is 2.17 bits per heavy atom. The molecule has 0 saturated heterocycles. The van der Waals surface area contributed by atoms with Crippen LogP contribution in [0.15, 0.2) is 84.0 Å². The number of amides is 2. The molecule has 0 bridgehead atoms. The lowest BCUT2D eigenvalue weighted by molar-refractivity contribution is -0.121. The second-order valence-corrected chi connectivity index (χ2v) is 9.94. The highest BCUT2D eigenvalue weighted by Gasteiger charge is 2.29. The Morgan fingerprint density at radius 2 is 1.56 bits per heavy atom. The SMILES string of the molecule is CC(=O)Nc1cccc(/C(C)=N\NC(=O)[C@@H](C)N(c2ccc(Oc3ccccc3)cc2)S(C)(=O)=O)c1. The number of benzene rings is 3. The zero-order valence-electron chi connectivity index (χ0n) is 20.4. The normalized spacial score (nSPS) is 12.4. The van der Waals surface area contributed by atoms with Crippen LogP contribution in [0.3, 0.4) is 0 Å². The summed E-state index contributed by atoms with van der Waals surface area (Å²) < 4.78 is 31.9. The van der Waals surface area contributed by atoms with Gasteiger partial charge in [0, 0.05) is 12.6 Å². The van der Waals surface area contributed by atoms with E-state index in [1.54, 1.807) is 55.5 Å². The van der Waals surface area contributed by atoms with Gasteiger partial charge in [-0.25, -0.2) is 13.8 Å². The summed E-state index contributed by atoms with van der Waals surface area (Å²) in [4.78, 5) is 24.1. The fraction of sp³-hybridized carbons (Fsp3) is 0.192. The summed E-state index contributed by atoms with van der Waals surface area (Å²) >= 11 is 0. The van der Waals surface area contributed by atoms with Crippen molar-refractivity contribution in [1.29, 1.82) is 0 Å². The van der Waals surface area contributed by atoms with Crippen LogP contribution in [0.1, 0.15) is 26.3 Å². The van der Waals surface area contributed by atoms with Crippen LogP contribution in [0.2, 0.25) is 0 Å². The van der Waals surface area contributed by atoms with Crippen LogP contribution in [0.5, 0.6) is 11.5 Å². The van der Waals surface area contributed by atoms with Crippen LogP contribution in [-0.4, -0.2) is 38.2 Å². The average Bonchev–Trinajstić information content (AvgIpc) is 2.83. The first-order valence-corrected chi connectivity index (χ1v) is 12.9. The van der Waals surface area contributed by atoms with Crippen molar-refractivity contribution in [2.45, 2.75) is 26.8 Å². The lowest BCUT2D eigenvalue weighted by Gasteiger charge is -2.27. The molecule has 0 aromatic heterocycles. The van der Waals surface area contributed by atoms with Gasteiger partial charge in [0.25, 0.3) is 5.91 Å². The molecule has 0 aliphatic rings. The molecule has 3 rings (SSSR count). The number of para-hydroxylation sites is 1. The predicted octanol–water partition coefficient (Wildman–Crippen LogP) is 4.13. The second kappa shape index (κ2) is 11.5. The van der Waals surface area contributed by atoms with E-state index >= 15 is 0 Å². The van der Waals surface area contributed by atoms with Gasteiger partial charge in [-0.05, 0) is 67.9 Å². The maximum atomic E-state index is 12.9. The first-order chi connectivity index (χ1) is 17.0. The lowest BCUT2D eigenvalue weighted by Crippen LogP contribution is -2.46. The third kappa shape index (κ3) is 7.16. The predicted molar refractivity (Wildman–Crippen MR) is 141 cm³/mol. The van der Waals surface area contributed by atoms with Gasteiger partial charge in [-0.1, -0.05) is 30.3 Å². The molecular formula is C26H28N4O5S. The van der Waals surface area contributed by atoms with E-state index < -0.39 is 22.0 Å². The van der Waals surface area contributed by atoms with Crippen molar-refractivity contribution in [2.75, 3.05) is 15.9 Å². The quantitative estimate of drug-likeness (QED) is 0.333. The van der Waals surface area contributed by atoms with E-state index in [0.29, 0.717) is 34.1 Å². The van der Waals surface area contributed by atoms with Crippen molar-refractivity contribution in [3.05, 3.63) is 84.4 Å². The third-order valence-electron chi connectivity index (χ3n) is 5.09. The topological polar surface area (TPSA) is 117 Å². The third-order valence-corrected chi connectivity index (χ3v) is 6.33. The van der Waals surface area contributed by atoms with E-state index in [2.05, 4.69) is 15.8 Å². The lowest BCUT2D eigenvalue weighted by atomic mass is 10.1. The molecule has 3 aromatic carbocycles. The van der Waals surface area contributed by atoms with Crippen LogP contribution in [-0.2, 0) is 19.6 Å². The smallest absolute Gasteiger partial charge is 0.263 e. The maximum Gasteiger partial charge on any atom is 0.263 e. The number of carbonyl (C=O) groups is 2. The van der Waals surface area contributed by atoms with Gasteiger partial charge in [-0.2, -0.15) is 5.10 Å². The molecule has 0 spiro atoms. The molecule has 0 aliphatic heterocycles. The van der Waals surface area contributed by atoms with Crippen molar-refractivity contribution in [3.8, 4) is 11.5 Å². The van der Waals surface area contributed by atoms with E-state index in [0.717, 1.165) is 10.6 Å². The van der Waals surface area contributed by atoms with Gasteiger partial charge in [0.2, 0.25) is 15.9 Å². The molecule has 0 radical (unpaired) electrons. The number of ether oxygens (including phenoxy) is 1. The summed E-state index contributed by atoms with van der Waals surface area (Å²) in [5.74, 6) is 0.359. The number of hydrogen-bond acceptors (Lipinski definition) is 6. The van der Waals surface area contributed by atoms with Gasteiger partial charge in [0.1, 0.15) is 17.5 Å². The summed E-state index contributed by atoms with van der Waals surface area (Å²) in [6.45, 7) is 4.58. The number of hydrogen-bond donors (Lipinski definition) is 2. The molecule has 36 heavy (non-hydrogen) atoms. The summed E-state index contributed by atoms with van der Waals surface area (Å²) in [6.07, 6.45) is 1.03. The number of anilines is 2.